The molecule has 148 valence electrons. The Morgan fingerprint density at radius 2 is 1.76 bits per heavy atom. The van der Waals surface area contributed by atoms with Crippen LogP contribution in [-0.4, -0.2) is 18.1 Å². The SMILES string of the molecule is CCOc1ccc([C@H]2Oc3ccc4ccccc4c3C=C2[N+](=O)[O-])cc1OCC. The van der Waals surface area contributed by atoms with E-state index in [4.69, 9.17) is 14.2 Å². The van der Waals surface area contributed by atoms with E-state index in [2.05, 4.69) is 0 Å². The molecule has 0 unspecified atom stereocenters. The van der Waals surface area contributed by atoms with Crippen molar-refractivity contribution in [3.05, 3.63) is 81.5 Å². The van der Waals surface area contributed by atoms with E-state index in [1.165, 1.54) is 0 Å². The van der Waals surface area contributed by atoms with E-state index in [9.17, 15) is 10.1 Å². The fraction of sp³-hybridized carbons (Fsp3) is 0.217. The molecule has 0 N–H and O–H groups in total. The number of benzene rings is 3. The number of nitro groups is 1. The summed E-state index contributed by atoms with van der Waals surface area (Å²) in [5.41, 5.74) is 1.35. The van der Waals surface area contributed by atoms with Gasteiger partial charge >= 0.3 is 0 Å². The van der Waals surface area contributed by atoms with Gasteiger partial charge in [0.2, 0.25) is 6.10 Å². The molecule has 0 fully saturated rings. The molecule has 4 rings (SSSR count). The molecule has 0 radical (unpaired) electrons. The summed E-state index contributed by atoms with van der Waals surface area (Å²) in [5, 5.41) is 13.8. The standard InChI is InChI=1S/C23H21NO5/c1-3-27-21-12-10-16(13-22(21)28-4-2)23-19(24(25)26)14-18-17-8-6-5-7-15(17)9-11-20(18)29-23/h5-14,23H,3-4H2,1-2H3/t23-/m1/s1. The molecule has 3 aromatic rings. The van der Waals surface area contributed by atoms with Crippen LogP contribution in [0.1, 0.15) is 31.1 Å². The van der Waals surface area contributed by atoms with E-state index in [0.29, 0.717) is 36.0 Å². The van der Waals surface area contributed by atoms with Crippen LogP contribution in [0.15, 0.2) is 60.3 Å². The number of hydrogen-bond acceptors (Lipinski definition) is 5. The lowest BCUT2D eigenvalue weighted by atomic mass is 9.97. The third kappa shape index (κ3) is 3.49. The first-order valence-electron chi connectivity index (χ1n) is 9.56. The highest BCUT2D eigenvalue weighted by atomic mass is 16.6. The summed E-state index contributed by atoms with van der Waals surface area (Å²) in [6.45, 7) is 4.73. The van der Waals surface area contributed by atoms with Crippen LogP contribution in [0.5, 0.6) is 17.2 Å². The van der Waals surface area contributed by atoms with Crippen LogP contribution in [0, 0.1) is 10.1 Å². The predicted molar refractivity (Wildman–Crippen MR) is 111 cm³/mol. The van der Waals surface area contributed by atoms with Gasteiger partial charge in [0.15, 0.2) is 11.5 Å². The Kier molecular flexibility index (Phi) is 5.08. The number of rotatable bonds is 6. The highest BCUT2D eigenvalue weighted by Crippen LogP contribution is 2.42. The molecule has 0 amide bonds. The maximum absolute atomic E-state index is 11.9. The zero-order chi connectivity index (χ0) is 20.4. The van der Waals surface area contributed by atoms with Gasteiger partial charge in [0.25, 0.3) is 5.70 Å². The normalized spacial score (nSPS) is 15.2. The Balaban J connectivity index is 1.81. The fourth-order valence-electron chi connectivity index (χ4n) is 3.56. The van der Waals surface area contributed by atoms with Gasteiger partial charge in [-0.1, -0.05) is 36.4 Å². The molecule has 1 heterocycles. The Hall–Kier alpha value is -3.54. The fourth-order valence-corrected chi connectivity index (χ4v) is 3.56. The lowest BCUT2D eigenvalue weighted by Gasteiger charge is -2.24. The van der Waals surface area contributed by atoms with Crippen LogP contribution in [0.25, 0.3) is 16.8 Å². The average Bonchev–Trinajstić information content (AvgIpc) is 2.74. The first kappa shape index (κ1) is 18.8. The van der Waals surface area contributed by atoms with Crippen LogP contribution >= 0.6 is 0 Å². The Labute approximate surface area is 168 Å². The van der Waals surface area contributed by atoms with E-state index in [0.717, 1.165) is 16.3 Å². The first-order valence-corrected chi connectivity index (χ1v) is 9.56. The summed E-state index contributed by atoms with van der Waals surface area (Å²) in [6.07, 6.45) is 0.774. The van der Waals surface area contributed by atoms with Gasteiger partial charge in [0, 0.05) is 17.2 Å². The quantitative estimate of drug-likeness (QED) is 0.416. The highest BCUT2D eigenvalue weighted by molar-refractivity contribution is 5.93. The molecule has 0 bridgehead atoms. The third-order valence-electron chi connectivity index (χ3n) is 4.82. The van der Waals surface area contributed by atoms with Crippen molar-refractivity contribution in [2.24, 2.45) is 0 Å². The molecular weight excluding hydrogens is 370 g/mol. The molecule has 0 aromatic heterocycles. The van der Waals surface area contributed by atoms with Crippen molar-refractivity contribution < 1.29 is 19.1 Å². The maximum atomic E-state index is 11.9. The van der Waals surface area contributed by atoms with Crippen molar-refractivity contribution in [3.8, 4) is 17.2 Å². The number of ether oxygens (including phenoxy) is 3. The van der Waals surface area contributed by atoms with E-state index in [1.807, 2.05) is 50.2 Å². The van der Waals surface area contributed by atoms with Crippen LogP contribution in [0.2, 0.25) is 0 Å². The molecule has 1 atom stereocenters. The number of hydrogen-bond donors (Lipinski definition) is 0. The van der Waals surface area contributed by atoms with Gasteiger partial charge in [-0.15, -0.1) is 0 Å². The number of nitrogens with zero attached hydrogens (tertiary/aromatic N) is 1. The van der Waals surface area contributed by atoms with Crippen molar-refractivity contribution in [1.82, 2.24) is 0 Å². The lowest BCUT2D eigenvalue weighted by Crippen LogP contribution is -2.20. The minimum absolute atomic E-state index is 0.0135. The average molecular weight is 391 g/mol. The summed E-state index contributed by atoms with van der Waals surface area (Å²) in [4.78, 5) is 11.5. The first-order chi connectivity index (χ1) is 14.1. The molecule has 3 aromatic carbocycles. The van der Waals surface area contributed by atoms with Gasteiger partial charge in [-0.2, -0.15) is 0 Å². The van der Waals surface area contributed by atoms with E-state index in [-0.39, 0.29) is 10.6 Å². The van der Waals surface area contributed by atoms with Crippen molar-refractivity contribution in [3.63, 3.8) is 0 Å². The Morgan fingerprint density at radius 1 is 1.00 bits per heavy atom. The largest absolute Gasteiger partial charge is 0.490 e. The molecule has 29 heavy (non-hydrogen) atoms. The predicted octanol–water partition coefficient (Wildman–Crippen LogP) is 5.39. The minimum Gasteiger partial charge on any atom is -0.490 e. The second kappa shape index (κ2) is 7.83. The molecule has 0 saturated heterocycles. The zero-order valence-corrected chi connectivity index (χ0v) is 16.3. The van der Waals surface area contributed by atoms with Crippen LogP contribution < -0.4 is 14.2 Å². The molecule has 0 spiro atoms. The summed E-state index contributed by atoms with van der Waals surface area (Å²) in [5.74, 6) is 1.76. The van der Waals surface area contributed by atoms with Crippen molar-refractivity contribution >= 4 is 16.8 Å². The van der Waals surface area contributed by atoms with E-state index < -0.39 is 6.10 Å². The summed E-state index contributed by atoms with van der Waals surface area (Å²) in [6, 6.07) is 16.9. The topological polar surface area (TPSA) is 70.8 Å². The van der Waals surface area contributed by atoms with Crippen molar-refractivity contribution in [2.75, 3.05) is 13.2 Å². The van der Waals surface area contributed by atoms with Crippen molar-refractivity contribution in [1.29, 1.82) is 0 Å². The monoisotopic (exact) mass is 391 g/mol. The maximum Gasteiger partial charge on any atom is 0.291 e. The smallest absolute Gasteiger partial charge is 0.291 e. The second-order valence-corrected chi connectivity index (χ2v) is 6.59. The van der Waals surface area contributed by atoms with Crippen LogP contribution in [0.4, 0.5) is 0 Å². The van der Waals surface area contributed by atoms with Gasteiger partial charge in [-0.05, 0) is 42.8 Å². The van der Waals surface area contributed by atoms with Gasteiger partial charge < -0.3 is 14.2 Å². The zero-order valence-electron chi connectivity index (χ0n) is 16.3. The molecule has 1 aliphatic rings. The van der Waals surface area contributed by atoms with Crippen LogP contribution in [0.3, 0.4) is 0 Å². The van der Waals surface area contributed by atoms with Gasteiger partial charge in [0.05, 0.1) is 18.1 Å². The van der Waals surface area contributed by atoms with Gasteiger partial charge in [-0.25, -0.2) is 0 Å². The molecule has 0 saturated carbocycles. The van der Waals surface area contributed by atoms with Crippen molar-refractivity contribution in [2.45, 2.75) is 20.0 Å². The molecule has 1 aliphatic heterocycles. The second-order valence-electron chi connectivity index (χ2n) is 6.59. The Bertz CT molecular complexity index is 1110. The highest BCUT2D eigenvalue weighted by Gasteiger charge is 2.34. The third-order valence-corrected chi connectivity index (χ3v) is 4.82. The van der Waals surface area contributed by atoms with Gasteiger partial charge in [0.1, 0.15) is 5.75 Å². The lowest BCUT2D eigenvalue weighted by molar-refractivity contribution is -0.434. The molecule has 6 heteroatoms. The molecule has 6 nitrogen and oxygen atoms in total. The minimum atomic E-state index is -0.839. The summed E-state index contributed by atoms with van der Waals surface area (Å²) < 4.78 is 17.4. The van der Waals surface area contributed by atoms with E-state index in [1.54, 1.807) is 24.3 Å². The summed E-state index contributed by atoms with van der Waals surface area (Å²) in [7, 11) is 0. The summed E-state index contributed by atoms with van der Waals surface area (Å²) >= 11 is 0. The molecule has 0 aliphatic carbocycles. The number of fused-ring (bicyclic) bond motifs is 3. The Morgan fingerprint density at radius 3 is 2.52 bits per heavy atom. The van der Waals surface area contributed by atoms with Gasteiger partial charge in [-0.3, -0.25) is 10.1 Å². The van der Waals surface area contributed by atoms with Crippen LogP contribution in [-0.2, 0) is 0 Å². The van der Waals surface area contributed by atoms with E-state index >= 15 is 0 Å². The molecular formula is C23H21NO5.